The predicted octanol–water partition coefficient (Wildman–Crippen LogP) is 3.06. The van der Waals surface area contributed by atoms with E-state index in [9.17, 15) is 4.79 Å². The van der Waals surface area contributed by atoms with Crippen molar-refractivity contribution in [3.8, 4) is 0 Å². The Bertz CT molecular complexity index is 293. The summed E-state index contributed by atoms with van der Waals surface area (Å²) in [4.78, 5) is 10.3. The SMILES string of the molecule is CCCCCCCCCCCCSCCC(=O)O.OCC(CO)(CO)CO. The highest BCUT2D eigenvalue weighted by atomic mass is 32.2. The predicted molar refractivity (Wildman–Crippen MR) is 112 cm³/mol. The van der Waals surface area contributed by atoms with Crippen LogP contribution in [0.15, 0.2) is 0 Å². The molecule has 0 aromatic carbocycles. The van der Waals surface area contributed by atoms with Crippen LogP contribution in [0.25, 0.3) is 0 Å². The van der Waals surface area contributed by atoms with Gasteiger partial charge in [0.15, 0.2) is 0 Å². The fourth-order valence-electron chi connectivity index (χ4n) is 2.25. The van der Waals surface area contributed by atoms with Gasteiger partial charge in [0.05, 0.1) is 38.3 Å². The van der Waals surface area contributed by atoms with Gasteiger partial charge in [-0.2, -0.15) is 11.8 Å². The molecule has 0 aliphatic heterocycles. The number of hydrogen-bond acceptors (Lipinski definition) is 6. The smallest absolute Gasteiger partial charge is 0.304 e. The quantitative estimate of drug-likeness (QED) is 0.220. The molecule has 0 aromatic heterocycles. The Kier molecular flexibility index (Phi) is 23.5. The molecule has 0 aromatic rings. The van der Waals surface area contributed by atoms with E-state index in [2.05, 4.69) is 6.92 Å². The van der Waals surface area contributed by atoms with E-state index in [0.29, 0.717) is 6.42 Å². The monoisotopic (exact) mass is 410 g/mol. The number of carboxylic acid groups (broad SMARTS) is 1. The van der Waals surface area contributed by atoms with Gasteiger partial charge in [-0.05, 0) is 12.2 Å². The molecule has 0 saturated carbocycles. The zero-order chi connectivity index (χ0) is 20.8. The first-order valence-corrected chi connectivity index (χ1v) is 11.4. The first-order valence-electron chi connectivity index (χ1n) is 10.2. The summed E-state index contributed by atoms with van der Waals surface area (Å²) in [5, 5.41) is 42.5. The van der Waals surface area contributed by atoms with E-state index in [1.165, 1.54) is 64.2 Å². The number of aliphatic carboxylic acids is 1. The molecule has 6 nitrogen and oxygen atoms in total. The van der Waals surface area contributed by atoms with Crippen LogP contribution in [-0.2, 0) is 4.79 Å². The number of hydrogen-bond donors (Lipinski definition) is 5. The van der Waals surface area contributed by atoms with Crippen LogP contribution < -0.4 is 0 Å². The van der Waals surface area contributed by atoms with Gasteiger partial charge in [0, 0.05) is 5.75 Å². The third-order valence-corrected chi connectivity index (χ3v) is 5.51. The van der Waals surface area contributed by atoms with E-state index in [1.54, 1.807) is 11.8 Å². The van der Waals surface area contributed by atoms with Crippen LogP contribution in [-0.4, -0.2) is 69.4 Å². The fourth-order valence-corrected chi connectivity index (χ4v) is 3.18. The summed E-state index contributed by atoms with van der Waals surface area (Å²) in [5.74, 6) is 1.22. The molecule has 0 amide bonds. The van der Waals surface area contributed by atoms with Gasteiger partial charge in [-0.1, -0.05) is 64.7 Å². The molecule has 0 spiro atoms. The molecule has 0 unspecified atom stereocenters. The maximum absolute atomic E-state index is 10.3. The van der Waals surface area contributed by atoms with Gasteiger partial charge < -0.3 is 25.5 Å². The summed E-state index contributed by atoms with van der Waals surface area (Å²) >= 11 is 1.78. The molecule has 0 aliphatic carbocycles. The zero-order valence-corrected chi connectivity index (χ0v) is 17.9. The van der Waals surface area contributed by atoms with Crippen LogP contribution in [0.3, 0.4) is 0 Å². The highest BCUT2D eigenvalue weighted by Crippen LogP contribution is 2.13. The summed E-state index contributed by atoms with van der Waals surface area (Å²) in [6.07, 6.45) is 14.0. The minimum Gasteiger partial charge on any atom is -0.481 e. The van der Waals surface area contributed by atoms with Gasteiger partial charge in [-0.3, -0.25) is 4.79 Å². The zero-order valence-electron chi connectivity index (χ0n) is 17.1. The normalized spacial score (nSPS) is 11.1. The maximum atomic E-state index is 10.3. The number of unbranched alkanes of at least 4 members (excludes halogenated alkanes) is 9. The van der Waals surface area contributed by atoms with Crippen molar-refractivity contribution in [3.63, 3.8) is 0 Å². The molecule has 0 heterocycles. The second kappa shape index (κ2) is 22.0. The topological polar surface area (TPSA) is 118 Å². The average molecular weight is 411 g/mol. The highest BCUT2D eigenvalue weighted by Gasteiger charge is 2.26. The lowest BCUT2D eigenvalue weighted by atomic mass is 9.93. The Morgan fingerprint density at radius 1 is 0.704 bits per heavy atom. The minimum absolute atomic E-state index is 0.308. The van der Waals surface area contributed by atoms with Crippen molar-refractivity contribution >= 4 is 17.7 Å². The van der Waals surface area contributed by atoms with Crippen molar-refractivity contribution in [3.05, 3.63) is 0 Å². The van der Waals surface area contributed by atoms with Crippen LogP contribution in [0.2, 0.25) is 0 Å². The van der Waals surface area contributed by atoms with E-state index in [0.717, 1.165) is 11.5 Å². The fraction of sp³-hybridized carbons (Fsp3) is 0.950. The molecule has 0 bridgehead atoms. The second-order valence-electron chi connectivity index (χ2n) is 7.07. The lowest BCUT2D eigenvalue weighted by molar-refractivity contribution is -0.136. The Morgan fingerprint density at radius 3 is 1.44 bits per heavy atom. The maximum Gasteiger partial charge on any atom is 0.304 e. The molecule has 0 saturated heterocycles. The van der Waals surface area contributed by atoms with Gasteiger partial charge in [-0.25, -0.2) is 0 Å². The standard InChI is InChI=1S/C15H30O2S.C5H12O4/c1-2-3-4-5-6-7-8-9-10-11-13-18-14-12-15(16)17;6-1-5(2-7,3-8)4-9/h2-14H2,1H3,(H,16,17);6-9H,1-4H2. The third kappa shape index (κ3) is 20.2. The average Bonchev–Trinajstić information content (AvgIpc) is 2.68. The van der Waals surface area contributed by atoms with Gasteiger partial charge in [0.1, 0.15) is 0 Å². The molecule has 0 rings (SSSR count). The van der Waals surface area contributed by atoms with Gasteiger partial charge in [-0.15, -0.1) is 0 Å². The van der Waals surface area contributed by atoms with E-state index < -0.39 is 37.8 Å². The molecular weight excluding hydrogens is 368 g/mol. The summed E-state index contributed by atoms with van der Waals surface area (Å²) in [7, 11) is 0. The van der Waals surface area contributed by atoms with Crippen molar-refractivity contribution in [2.24, 2.45) is 5.41 Å². The Morgan fingerprint density at radius 2 is 1.11 bits per heavy atom. The van der Waals surface area contributed by atoms with Gasteiger partial charge in [0.25, 0.3) is 0 Å². The molecule has 164 valence electrons. The van der Waals surface area contributed by atoms with Crippen LogP contribution in [0.1, 0.15) is 77.6 Å². The van der Waals surface area contributed by atoms with E-state index in [1.807, 2.05) is 0 Å². The summed E-state index contributed by atoms with van der Waals surface area (Å²) in [5.41, 5.74) is -1.11. The largest absolute Gasteiger partial charge is 0.481 e. The van der Waals surface area contributed by atoms with Crippen molar-refractivity contribution in [1.82, 2.24) is 0 Å². The van der Waals surface area contributed by atoms with E-state index in [-0.39, 0.29) is 0 Å². The molecule has 0 atom stereocenters. The number of aliphatic hydroxyl groups is 4. The van der Waals surface area contributed by atoms with Crippen LogP contribution >= 0.6 is 11.8 Å². The van der Waals surface area contributed by atoms with E-state index >= 15 is 0 Å². The Hall–Kier alpha value is -0.340. The summed E-state index contributed by atoms with van der Waals surface area (Å²) < 4.78 is 0. The van der Waals surface area contributed by atoms with Crippen molar-refractivity contribution < 1.29 is 30.3 Å². The van der Waals surface area contributed by atoms with Gasteiger partial charge in [0.2, 0.25) is 0 Å². The Balaban J connectivity index is 0. The lowest BCUT2D eigenvalue weighted by Gasteiger charge is -2.23. The Labute approximate surface area is 169 Å². The summed E-state index contributed by atoms with van der Waals surface area (Å²) in [6.45, 7) is 0.633. The number of carboxylic acids is 1. The van der Waals surface area contributed by atoms with Crippen molar-refractivity contribution in [1.29, 1.82) is 0 Å². The van der Waals surface area contributed by atoms with Crippen molar-refractivity contribution in [2.75, 3.05) is 37.9 Å². The highest BCUT2D eigenvalue weighted by molar-refractivity contribution is 7.99. The molecular formula is C20H42O6S. The first kappa shape index (κ1) is 28.9. The molecule has 5 N–H and O–H groups in total. The first-order chi connectivity index (χ1) is 13.0. The molecule has 0 radical (unpaired) electrons. The van der Waals surface area contributed by atoms with Crippen LogP contribution in [0.4, 0.5) is 0 Å². The van der Waals surface area contributed by atoms with E-state index in [4.69, 9.17) is 25.5 Å². The van der Waals surface area contributed by atoms with Crippen LogP contribution in [0.5, 0.6) is 0 Å². The molecule has 27 heavy (non-hydrogen) atoms. The molecule has 0 fully saturated rings. The molecule has 7 heteroatoms. The third-order valence-electron chi connectivity index (χ3n) is 4.44. The summed E-state index contributed by atoms with van der Waals surface area (Å²) in [6, 6.07) is 0. The van der Waals surface area contributed by atoms with Crippen molar-refractivity contribution in [2.45, 2.75) is 77.6 Å². The van der Waals surface area contributed by atoms with Gasteiger partial charge >= 0.3 is 5.97 Å². The number of rotatable bonds is 18. The van der Waals surface area contributed by atoms with Crippen LogP contribution in [0, 0.1) is 5.41 Å². The molecule has 0 aliphatic rings. The number of aliphatic hydroxyl groups excluding tert-OH is 4. The number of thioether (sulfide) groups is 1. The number of carbonyl (C=O) groups is 1. The minimum atomic E-state index is -1.11. The second-order valence-corrected chi connectivity index (χ2v) is 8.30. The lowest BCUT2D eigenvalue weighted by Crippen LogP contribution is -2.37.